The summed E-state index contributed by atoms with van der Waals surface area (Å²) < 4.78 is 10.9. The van der Waals surface area contributed by atoms with E-state index in [1.165, 1.54) is 0 Å². The summed E-state index contributed by atoms with van der Waals surface area (Å²) in [5, 5.41) is 3.88. The predicted molar refractivity (Wildman–Crippen MR) is 138 cm³/mol. The highest BCUT2D eigenvalue weighted by molar-refractivity contribution is 5.91. The molecule has 180 valence electrons. The minimum Gasteiger partial charge on any atom is -0.496 e. The molecule has 0 saturated carbocycles. The number of anilines is 1. The molecule has 7 heteroatoms. The maximum Gasteiger partial charge on any atom is 0.322 e. The summed E-state index contributed by atoms with van der Waals surface area (Å²) in [4.78, 5) is 31.0. The molecule has 0 bridgehead atoms. The summed E-state index contributed by atoms with van der Waals surface area (Å²) >= 11 is 0. The number of nitrogens with one attached hydrogen (secondary N) is 2. The summed E-state index contributed by atoms with van der Waals surface area (Å²) in [6.07, 6.45) is 0. The summed E-state index contributed by atoms with van der Waals surface area (Å²) in [5.41, 5.74) is 4.57. The molecular formula is C28H29N3O4. The van der Waals surface area contributed by atoms with E-state index in [4.69, 9.17) is 9.47 Å². The molecule has 3 aromatic carbocycles. The van der Waals surface area contributed by atoms with E-state index in [9.17, 15) is 9.59 Å². The van der Waals surface area contributed by atoms with Gasteiger partial charge in [0.05, 0.1) is 33.0 Å². The number of H-pyrrole nitrogens is 1. The molecule has 0 aliphatic carbocycles. The number of carbonyl (C=O) groups is 1. The van der Waals surface area contributed by atoms with Crippen LogP contribution >= 0.6 is 0 Å². The maximum absolute atomic E-state index is 13.5. The highest BCUT2D eigenvalue weighted by Crippen LogP contribution is 2.26. The number of aryl methyl sites for hydroxylation is 2. The van der Waals surface area contributed by atoms with Crippen LogP contribution in [0.5, 0.6) is 11.5 Å². The summed E-state index contributed by atoms with van der Waals surface area (Å²) in [7, 11) is 3.15. The zero-order chi connectivity index (χ0) is 24.9. The van der Waals surface area contributed by atoms with Gasteiger partial charge in [-0.05, 0) is 55.3 Å². The van der Waals surface area contributed by atoms with Crippen molar-refractivity contribution in [2.24, 2.45) is 0 Å². The average Bonchev–Trinajstić information content (AvgIpc) is 2.84. The second kappa shape index (κ2) is 10.3. The third-order valence-electron chi connectivity index (χ3n) is 5.94. The van der Waals surface area contributed by atoms with Gasteiger partial charge in [0, 0.05) is 22.0 Å². The fourth-order valence-corrected chi connectivity index (χ4v) is 4.22. The van der Waals surface area contributed by atoms with Crippen LogP contribution in [0.2, 0.25) is 0 Å². The van der Waals surface area contributed by atoms with Crippen molar-refractivity contribution in [3.05, 3.63) is 99.3 Å². The number of hydrogen-bond acceptors (Lipinski definition) is 4. The minimum atomic E-state index is -0.361. The molecule has 0 fully saturated rings. The van der Waals surface area contributed by atoms with Crippen molar-refractivity contribution in [1.29, 1.82) is 0 Å². The Morgan fingerprint density at radius 3 is 2.29 bits per heavy atom. The van der Waals surface area contributed by atoms with Crippen molar-refractivity contribution in [1.82, 2.24) is 9.88 Å². The molecule has 0 radical (unpaired) electrons. The first-order chi connectivity index (χ1) is 16.9. The molecule has 4 aromatic rings. The SMILES string of the molecule is COc1ccccc1CN(Cc1cc2c(C)cc(C)cc2[nH]c1=O)C(=O)Nc1ccccc1OC. The Kier molecular flexibility index (Phi) is 7.06. The fourth-order valence-electron chi connectivity index (χ4n) is 4.22. The summed E-state index contributed by atoms with van der Waals surface area (Å²) in [6, 6.07) is 20.3. The van der Waals surface area contributed by atoms with Crippen molar-refractivity contribution < 1.29 is 14.3 Å². The standard InChI is InChI=1S/C28H29N3O4/c1-18-13-19(2)22-15-21(27(32)29-24(22)14-18)17-31(16-20-9-5-7-11-25(20)34-3)28(33)30-23-10-6-8-12-26(23)35-4/h5-15H,16-17H2,1-4H3,(H,29,32)(H,30,33). The Morgan fingerprint density at radius 2 is 1.54 bits per heavy atom. The molecule has 0 aliphatic heterocycles. The molecule has 0 spiro atoms. The number of amides is 2. The van der Waals surface area contributed by atoms with E-state index in [-0.39, 0.29) is 24.7 Å². The van der Waals surface area contributed by atoms with Crippen LogP contribution in [0.15, 0.2) is 71.5 Å². The molecule has 4 rings (SSSR count). The van der Waals surface area contributed by atoms with Crippen LogP contribution in [-0.2, 0) is 13.1 Å². The Morgan fingerprint density at radius 1 is 0.886 bits per heavy atom. The molecule has 0 atom stereocenters. The van der Waals surface area contributed by atoms with Crippen molar-refractivity contribution in [2.75, 3.05) is 19.5 Å². The van der Waals surface area contributed by atoms with Crippen LogP contribution in [0, 0.1) is 13.8 Å². The van der Waals surface area contributed by atoms with E-state index in [1.807, 2.05) is 62.4 Å². The molecular weight excluding hydrogens is 442 g/mol. The highest BCUT2D eigenvalue weighted by atomic mass is 16.5. The van der Waals surface area contributed by atoms with Gasteiger partial charge >= 0.3 is 6.03 Å². The Hall–Kier alpha value is -4.26. The number of aromatic amines is 1. The molecule has 2 amide bonds. The number of aromatic nitrogens is 1. The van der Waals surface area contributed by atoms with Crippen LogP contribution in [0.1, 0.15) is 22.3 Å². The van der Waals surface area contributed by atoms with Crippen molar-refractivity contribution in [3.8, 4) is 11.5 Å². The number of urea groups is 1. The Labute approximate surface area is 204 Å². The van der Waals surface area contributed by atoms with Gasteiger partial charge in [-0.2, -0.15) is 0 Å². The fraction of sp³-hybridized carbons (Fsp3) is 0.214. The third kappa shape index (κ3) is 5.30. The van der Waals surface area contributed by atoms with Gasteiger partial charge in [0.2, 0.25) is 0 Å². The quantitative estimate of drug-likeness (QED) is 0.378. The zero-order valence-electron chi connectivity index (χ0n) is 20.3. The van der Waals surface area contributed by atoms with Gasteiger partial charge in [0.1, 0.15) is 11.5 Å². The number of benzene rings is 3. The Bertz CT molecular complexity index is 1430. The molecule has 0 unspecified atom stereocenters. The highest BCUT2D eigenvalue weighted by Gasteiger charge is 2.20. The predicted octanol–water partition coefficient (Wildman–Crippen LogP) is 5.40. The van der Waals surface area contributed by atoms with Gasteiger partial charge in [-0.25, -0.2) is 4.79 Å². The van der Waals surface area contributed by atoms with E-state index < -0.39 is 0 Å². The maximum atomic E-state index is 13.5. The number of para-hydroxylation sites is 3. The molecule has 1 heterocycles. The number of fused-ring (bicyclic) bond motifs is 1. The first-order valence-electron chi connectivity index (χ1n) is 11.3. The van der Waals surface area contributed by atoms with Crippen molar-refractivity contribution in [3.63, 3.8) is 0 Å². The summed E-state index contributed by atoms with van der Waals surface area (Å²) in [5.74, 6) is 1.22. The lowest BCUT2D eigenvalue weighted by Crippen LogP contribution is -2.36. The van der Waals surface area contributed by atoms with Crippen molar-refractivity contribution in [2.45, 2.75) is 26.9 Å². The van der Waals surface area contributed by atoms with Crippen molar-refractivity contribution >= 4 is 22.6 Å². The smallest absolute Gasteiger partial charge is 0.322 e. The molecule has 7 nitrogen and oxygen atoms in total. The van der Waals surface area contributed by atoms with Crippen LogP contribution < -0.4 is 20.3 Å². The van der Waals surface area contributed by atoms with Crippen LogP contribution in [0.3, 0.4) is 0 Å². The van der Waals surface area contributed by atoms with Crippen LogP contribution in [0.4, 0.5) is 10.5 Å². The Balaban J connectivity index is 1.72. The minimum absolute atomic E-state index is 0.109. The summed E-state index contributed by atoms with van der Waals surface area (Å²) in [6.45, 7) is 4.36. The topological polar surface area (TPSA) is 83.7 Å². The number of methoxy groups -OCH3 is 2. The molecule has 0 saturated heterocycles. The number of ether oxygens (including phenoxy) is 2. The molecule has 2 N–H and O–H groups in total. The number of pyridine rings is 1. The van der Waals surface area contributed by atoms with Gasteiger partial charge in [-0.1, -0.05) is 36.4 Å². The van der Waals surface area contributed by atoms with Gasteiger partial charge < -0.3 is 24.7 Å². The van der Waals surface area contributed by atoms with Gasteiger partial charge in [0.25, 0.3) is 5.56 Å². The zero-order valence-corrected chi connectivity index (χ0v) is 20.3. The lowest BCUT2D eigenvalue weighted by molar-refractivity contribution is 0.205. The monoisotopic (exact) mass is 471 g/mol. The van der Waals surface area contributed by atoms with E-state index in [0.717, 1.165) is 27.6 Å². The molecule has 1 aromatic heterocycles. The first-order valence-corrected chi connectivity index (χ1v) is 11.3. The average molecular weight is 472 g/mol. The van der Waals surface area contributed by atoms with Crippen LogP contribution in [-0.4, -0.2) is 30.1 Å². The lowest BCUT2D eigenvalue weighted by atomic mass is 10.0. The molecule has 35 heavy (non-hydrogen) atoms. The largest absolute Gasteiger partial charge is 0.496 e. The second-order valence-electron chi connectivity index (χ2n) is 8.47. The van der Waals surface area contributed by atoms with Gasteiger partial charge in [-0.3, -0.25) is 4.79 Å². The number of hydrogen-bond donors (Lipinski definition) is 2. The second-order valence-corrected chi connectivity index (χ2v) is 8.47. The van der Waals surface area contributed by atoms with Gasteiger partial charge in [0.15, 0.2) is 0 Å². The van der Waals surface area contributed by atoms with E-state index in [0.29, 0.717) is 22.7 Å². The first kappa shape index (κ1) is 23.9. The van der Waals surface area contributed by atoms with E-state index >= 15 is 0 Å². The normalized spacial score (nSPS) is 10.7. The van der Waals surface area contributed by atoms with Gasteiger partial charge in [-0.15, -0.1) is 0 Å². The number of rotatable bonds is 7. The van der Waals surface area contributed by atoms with E-state index in [1.54, 1.807) is 31.3 Å². The number of carbonyl (C=O) groups excluding carboxylic acids is 1. The molecule has 0 aliphatic rings. The van der Waals surface area contributed by atoms with Crippen LogP contribution in [0.25, 0.3) is 10.9 Å². The number of nitrogens with zero attached hydrogens (tertiary/aromatic N) is 1. The third-order valence-corrected chi connectivity index (χ3v) is 5.94. The lowest BCUT2D eigenvalue weighted by Gasteiger charge is -2.24. The van der Waals surface area contributed by atoms with E-state index in [2.05, 4.69) is 16.4 Å².